The van der Waals surface area contributed by atoms with E-state index >= 15 is 0 Å². The number of aryl methyl sites for hydroxylation is 2. The molecular weight excluding hydrogens is 202 g/mol. The Bertz CT molecular complexity index is 305. The molecule has 1 N–H and O–H groups in total. The van der Waals surface area contributed by atoms with E-state index < -0.39 is 0 Å². The highest BCUT2D eigenvalue weighted by molar-refractivity contribution is 4.87. The fourth-order valence-corrected chi connectivity index (χ4v) is 1.60. The summed E-state index contributed by atoms with van der Waals surface area (Å²) in [5.41, 5.74) is 0. The molecule has 1 heterocycles. The van der Waals surface area contributed by atoms with E-state index in [9.17, 15) is 0 Å². The van der Waals surface area contributed by atoms with Gasteiger partial charge in [-0.25, -0.2) is 9.67 Å². The Morgan fingerprint density at radius 2 is 2.00 bits per heavy atom. The van der Waals surface area contributed by atoms with Gasteiger partial charge in [0.1, 0.15) is 11.6 Å². The molecule has 1 aromatic heterocycles. The van der Waals surface area contributed by atoms with Gasteiger partial charge < -0.3 is 10.2 Å². The van der Waals surface area contributed by atoms with E-state index in [1.54, 1.807) is 0 Å². The molecule has 1 aromatic rings. The predicted octanol–water partition coefficient (Wildman–Crippen LogP) is 0.436. The van der Waals surface area contributed by atoms with Crippen LogP contribution in [0.15, 0.2) is 0 Å². The van der Waals surface area contributed by atoms with Gasteiger partial charge in [0.15, 0.2) is 0 Å². The van der Waals surface area contributed by atoms with Crippen molar-refractivity contribution in [2.75, 3.05) is 33.7 Å². The van der Waals surface area contributed by atoms with Crippen molar-refractivity contribution in [1.29, 1.82) is 0 Å². The Labute approximate surface area is 97.9 Å². The molecule has 5 nitrogen and oxygen atoms in total. The summed E-state index contributed by atoms with van der Waals surface area (Å²) in [7, 11) is 4.20. The molecule has 0 saturated carbocycles. The van der Waals surface area contributed by atoms with Crippen LogP contribution in [0, 0.1) is 13.8 Å². The summed E-state index contributed by atoms with van der Waals surface area (Å²) in [5, 5.41) is 7.72. The average Bonchev–Trinajstić information content (AvgIpc) is 2.50. The number of rotatable bonds is 7. The highest BCUT2D eigenvalue weighted by Gasteiger charge is 2.00. The minimum atomic E-state index is 0.852. The molecule has 0 spiro atoms. The first-order valence-electron chi connectivity index (χ1n) is 5.83. The second-order valence-electron chi connectivity index (χ2n) is 4.34. The van der Waals surface area contributed by atoms with Gasteiger partial charge in [-0.1, -0.05) is 0 Å². The molecule has 1 rings (SSSR count). The summed E-state index contributed by atoms with van der Waals surface area (Å²) in [6.07, 6.45) is 1.18. The molecule has 5 heteroatoms. The van der Waals surface area contributed by atoms with Crippen LogP contribution >= 0.6 is 0 Å². The van der Waals surface area contributed by atoms with Gasteiger partial charge >= 0.3 is 0 Å². The molecule has 0 bridgehead atoms. The van der Waals surface area contributed by atoms with Gasteiger partial charge in [-0.3, -0.25) is 0 Å². The molecular formula is C11H23N5. The van der Waals surface area contributed by atoms with Gasteiger partial charge in [0.2, 0.25) is 0 Å². The Balaban J connectivity index is 2.09. The van der Waals surface area contributed by atoms with Crippen molar-refractivity contribution in [3.05, 3.63) is 11.6 Å². The maximum absolute atomic E-state index is 4.31. The molecule has 0 amide bonds. The van der Waals surface area contributed by atoms with Crippen LogP contribution in [-0.4, -0.2) is 53.4 Å². The molecule has 0 aliphatic heterocycles. The van der Waals surface area contributed by atoms with E-state index in [1.165, 1.54) is 6.42 Å². The van der Waals surface area contributed by atoms with E-state index in [2.05, 4.69) is 34.4 Å². The highest BCUT2D eigenvalue weighted by Crippen LogP contribution is 1.94. The molecule has 0 aliphatic rings. The fourth-order valence-electron chi connectivity index (χ4n) is 1.60. The lowest BCUT2D eigenvalue weighted by molar-refractivity contribution is 0.392. The third-order valence-electron chi connectivity index (χ3n) is 2.42. The molecule has 0 unspecified atom stereocenters. The molecule has 0 radical (unpaired) electrons. The lowest BCUT2D eigenvalue weighted by atomic mass is 10.4. The average molecular weight is 225 g/mol. The molecule has 0 aliphatic carbocycles. The normalized spacial score (nSPS) is 11.3. The van der Waals surface area contributed by atoms with Gasteiger partial charge in [-0.15, -0.1) is 0 Å². The predicted molar refractivity (Wildman–Crippen MR) is 65.5 cm³/mol. The van der Waals surface area contributed by atoms with E-state index in [-0.39, 0.29) is 0 Å². The zero-order valence-electron chi connectivity index (χ0n) is 10.8. The quantitative estimate of drug-likeness (QED) is 0.684. The van der Waals surface area contributed by atoms with Crippen molar-refractivity contribution >= 4 is 0 Å². The maximum atomic E-state index is 4.31. The first-order chi connectivity index (χ1) is 7.59. The second-order valence-corrected chi connectivity index (χ2v) is 4.34. The van der Waals surface area contributed by atoms with Gasteiger partial charge in [0.05, 0.1) is 6.54 Å². The summed E-state index contributed by atoms with van der Waals surface area (Å²) >= 11 is 0. The number of hydrogen-bond acceptors (Lipinski definition) is 4. The molecule has 0 aromatic carbocycles. The van der Waals surface area contributed by atoms with Crippen molar-refractivity contribution in [3.8, 4) is 0 Å². The third-order valence-corrected chi connectivity index (χ3v) is 2.42. The van der Waals surface area contributed by atoms with Crippen molar-refractivity contribution in [2.45, 2.75) is 26.8 Å². The van der Waals surface area contributed by atoms with Crippen LogP contribution < -0.4 is 5.32 Å². The van der Waals surface area contributed by atoms with Crippen LogP contribution in [0.2, 0.25) is 0 Å². The highest BCUT2D eigenvalue weighted by atomic mass is 15.3. The molecule has 0 atom stereocenters. The molecule has 92 valence electrons. The Kier molecular flexibility index (Phi) is 5.42. The number of aromatic nitrogens is 3. The Morgan fingerprint density at radius 3 is 2.56 bits per heavy atom. The van der Waals surface area contributed by atoms with Crippen LogP contribution in [0.5, 0.6) is 0 Å². The van der Waals surface area contributed by atoms with Crippen molar-refractivity contribution in [1.82, 2.24) is 25.0 Å². The van der Waals surface area contributed by atoms with Gasteiger partial charge in [0.25, 0.3) is 0 Å². The van der Waals surface area contributed by atoms with E-state index in [0.29, 0.717) is 0 Å². The zero-order valence-corrected chi connectivity index (χ0v) is 10.8. The summed E-state index contributed by atoms with van der Waals surface area (Å²) in [4.78, 5) is 6.47. The molecule has 0 saturated heterocycles. The van der Waals surface area contributed by atoms with Crippen LogP contribution in [0.25, 0.3) is 0 Å². The Hall–Kier alpha value is -0.940. The van der Waals surface area contributed by atoms with Crippen molar-refractivity contribution in [2.24, 2.45) is 0 Å². The first-order valence-corrected chi connectivity index (χ1v) is 5.83. The van der Waals surface area contributed by atoms with Gasteiger partial charge in [-0.2, -0.15) is 5.10 Å². The lowest BCUT2D eigenvalue weighted by Crippen LogP contribution is -2.25. The van der Waals surface area contributed by atoms with Crippen LogP contribution in [0.4, 0.5) is 0 Å². The largest absolute Gasteiger partial charge is 0.315 e. The fraction of sp³-hybridized carbons (Fsp3) is 0.818. The first kappa shape index (κ1) is 13.1. The van der Waals surface area contributed by atoms with Gasteiger partial charge in [0, 0.05) is 6.54 Å². The second kappa shape index (κ2) is 6.60. The van der Waals surface area contributed by atoms with Gasteiger partial charge in [-0.05, 0) is 47.5 Å². The minimum absolute atomic E-state index is 0.852. The van der Waals surface area contributed by atoms with Crippen molar-refractivity contribution < 1.29 is 0 Å². The topological polar surface area (TPSA) is 46.0 Å². The zero-order chi connectivity index (χ0) is 12.0. The third kappa shape index (κ3) is 4.72. The Morgan fingerprint density at radius 1 is 1.25 bits per heavy atom. The summed E-state index contributed by atoms with van der Waals surface area (Å²) in [5.74, 6) is 1.85. The summed E-state index contributed by atoms with van der Waals surface area (Å²) in [6, 6.07) is 0. The monoisotopic (exact) mass is 225 g/mol. The van der Waals surface area contributed by atoms with E-state index in [1.807, 2.05) is 18.5 Å². The van der Waals surface area contributed by atoms with Crippen molar-refractivity contribution in [3.63, 3.8) is 0 Å². The number of nitrogens with one attached hydrogen (secondary N) is 1. The maximum Gasteiger partial charge on any atom is 0.147 e. The molecule has 16 heavy (non-hydrogen) atoms. The van der Waals surface area contributed by atoms with Crippen LogP contribution in [0.1, 0.15) is 18.1 Å². The van der Waals surface area contributed by atoms with E-state index in [4.69, 9.17) is 0 Å². The summed E-state index contributed by atoms with van der Waals surface area (Å²) in [6.45, 7) is 7.96. The number of nitrogens with zero attached hydrogens (tertiary/aromatic N) is 4. The van der Waals surface area contributed by atoms with Crippen LogP contribution in [0.3, 0.4) is 0 Å². The smallest absolute Gasteiger partial charge is 0.147 e. The van der Waals surface area contributed by atoms with E-state index in [0.717, 1.165) is 37.8 Å². The van der Waals surface area contributed by atoms with Crippen LogP contribution in [-0.2, 0) is 6.54 Å². The molecule has 0 fully saturated rings. The number of hydrogen-bond donors (Lipinski definition) is 1. The summed E-state index contributed by atoms with van der Waals surface area (Å²) < 4.78 is 1.95. The standard InChI is InChI=1S/C11H23N5/c1-10-13-11(2)16(14-10)9-7-12-6-5-8-15(3)4/h12H,5-9H2,1-4H3. The minimum Gasteiger partial charge on any atom is -0.315 e. The SMILES string of the molecule is Cc1nc(C)n(CCNCCCN(C)C)n1. The lowest BCUT2D eigenvalue weighted by Gasteiger charge is -2.09.